The van der Waals surface area contributed by atoms with E-state index >= 15 is 0 Å². The molecule has 0 heterocycles. The Kier molecular flexibility index (Phi) is 2.63. The molecule has 0 aliphatic heterocycles. The normalized spacial score (nSPS) is 24.1. The lowest BCUT2D eigenvalue weighted by Crippen LogP contribution is -2.00. The summed E-state index contributed by atoms with van der Waals surface area (Å²) < 4.78 is 0. The first-order chi connectivity index (χ1) is 9.84. The highest BCUT2D eigenvalue weighted by atomic mass is 14.5. The third-order valence-corrected chi connectivity index (χ3v) is 4.66. The van der Waals surface area contributed by atoms with Crippen molar-refractivity contribution in [3.05, 3.63) is 83.4 Å². The van der Waals surface area contributed by atoms with Gasteiger partial charge in [0.1, 0.15) is 0 Å². The van der Waals surface area contributed by atoms with E-state index in [2.05, 4.69) is 73.7 Å². The van der Waals surface area contributed by atoms with Crippen molar-refractivity contribution >= 4 is 11.1 Å². The second kappa shape index (κ2) is 4.49. The molecule has 0 radical (unpaired) electrons. The second-order valence-corrected chi connectivity index (χ2v) is 5.88. The molecule has 98 valence electrons. The summed E-state index contributed by atoms with van der Waals surface area (Å²) in [6, 6.07) is 21.6. The first-order valence-corrected chi connectivity index (χ1v) is 7.38. The molecule has 2 aromatic carbocycles. The second-order valence-electron chi connectivity index (χ2n) is 5.88. The maximum absolute atomic E-state index is 2.42. The fourth-order valence-electron chi connectivity index (χ4n) is 3.45. The van der Waals surface area contributed by atoms with Crippen LogP contribution in [0.4, 0.5) is 0 Å². The Morgan fingerprint density at radius 3 is 2.00 bits per heavy atom. The lowest BCUT2D eigenvalue weighted by molar-refractivity contribution is 0.929. The smallest absolute Gasteiger partial charge is 0.00838 e. The summed E-state index contributed by atoms with van der Waals surface area (Å²) in [5.41, 5.74) is 7.27. The van der Waals surface area contributed by atoms with Gasteiger partial charge in [0.2, 0.25) is 0 Å². The number of allylic oxidation sites excluding steroid dienone is 4. The number of benzene rings is 2. The van der Waals surface area contributed by atoms with Gasteiger partial charge in [0, 0.05) is 0 Å². The highest BCUT2D eigenvalue weighted by molar-refractivity contribution is 5.90. The minimum Gasteiger partial charge on any atom is -0.0622 e. The van der Waals surface area contributed by atoms with Gasteiger partial charge in [-0.15, -0.1) is 0 Å². The third-order valence-electron chi connectivity index (χ3n) is 4.66. The van der Waals surface area contributed by atoms with Crippen molar-refractivity contribution in [2.24, 2.45) is 11.8 Å². The Morgan fingerprint density at radius 2 is 1.35 bits per heavy atom. The van der Waals surface area contributed by atoms with Gasteiger partial charge in [-0.1, -0.05) is 72.3 Å². The molecule has 1 saturated carbocycles. The summed E-state index contributed by atoms with van der Waals surface area (Å²) in [5, 5.41) is 0. The number of hydrogen-bond donors (Lipinski definition) is 0. The average Bonchev–Trinajstić information content (AvgIpc) is 3.31. The summed E-state index contributed by atoms with van der Waals surface area (Å²) in [5.74, 6) is 1.52. The van der Waals surface area contributed by atoms with E-state index in [-0.39, 0.29) is 0 Å². The van der Waals surface area contributed by atoms with Crippen LogP contribution in [0.1, 0.15) is 24.5 Å². The summed E-state index contributed by atoms with van der Waals surface area (Å²) in [6.45, 7) is 2.31. The van der Waals surface area contributed by atoms with Gasteiger partial charge in [-0.05, 0) is 47.5 Å². The van der Waals surface area contributed by atoms with Crippen molar-refractivity contribution < 1.29 is 0 Å². The molecule has 20 heavy (non-hydrogen) atoms. The van der Waals surface area contributed by atoms with E-state index in [1.807, 2.05) is 0 Å². The molecular formula is C20H18. The molecule has 0 bridgehead atoms. The van der Waals surface area contributed by atoms with Gasteiger partial charge in [0.15, 0.2) is 0 Å². The van der Waals surface area contributed by atoms with Gasteiger partial charge in [-0.3, -0.25) is 0 Å². The van der Waals surface area contributed by atoms with Crippen LogP contribution in [0.2, 0.25) is 0 Å². The number of rotatable bonds is 2. The minimum atomic E-state index is 0.755. The lowest BCUT2D eigenvalue weighted by Gasteiger charge is -2.18. The van der Waals surface area contributed by atoms with Crippen molar-refractivity contribution in [1.29, 1.82) is 0 Å². The predicted molar refractivity (Wildman–Crippen MR) is 85.1 cm³/mol. The molecule has 0 aromatic heterocycles. The molecule has 2 atom stereocenters. The van der Waals surface area contributed by atoms with E-state index in [9.17, 15) is 0 Å². The highest BCUT2D eigenvalue weighted by Gasteiger charge is 2.44. The molecule has 2 unspecified atom stereocenters. The molecule has 1 fully saturated rings. The zero-order valence-corrected chi connectivity index (χ0v) is 11.7. The maximum atomic E-state index is 2.42. The summed E-state index contributed by atoms with van der Waals surface area (Å²) in [4.78, 5) is 0. The van der Waals surface area contributed by atoms with Crippen LogP contribution in [0.15, 0.2) is 72.3 Å². The van der Waals surface area contributed by atoms with Crippen molar-refractivity contribution in [2.45, 2.75) is 13.3 Å². The van der Waals surface area contributed by atoms with Crippen LogP contribution in [0.3, 0.4) is 0 Å². The quantitative estimate of drug-likeness (QED) is 0.695. The third kappa shape index (κ3) is 1.84. The van der Waals surface area contributed by atoms with Crippen LogP contribution in [0, 0.1) is 11.8 Å². The average molecular weight is 258 g/mol. The Hall–Kier alpha value is -2.08. The zero-order valence-electron chi connectivity index (χ0n) is 11.7. The lowest BCUT2D eigenvalue weighted by atomic mass is 9.86. The van der Waals surface area contributed by atoms with E-state index in [0.717, 1.165) is 11.8 Å². The standard InChI is InChI=1S/C20H18/c1-14-17(15-8-4-2-5-9-15)12-19(20-13-18(14)20)16-10-6-3-7-11-16/h2-12,18,20H,13H2,1H3. The molecule has 2 aliphatic rings. The van der Waals surface area contributed by atoms with Crippen molar-refractivity contribution in [3.63, 3.8) is 0 Å². The maximum Gasteiger partial charge on any atom is -0.00838 e. The van der Waals surface area contributed by atoms with Gasteiger partial charge in [-0.25, -0.2) is 0 Å². The molecule has 0 nitrogen and oxygen atoms in total. The predicted octanol–water partition coefficient (Wildman–Crippen LogP) is 5.19. The summed E-state index contributed by atoms with van der Waals surface area (Å²) >= 11 is 0. The number of fused-ring (bicyclic) bond motifs is 1. The van der Waals surface area contributed by atoms with Gasteiger partial charge >= 0.3 is 0 Å². The Labute approximate surface area is 120 Å². The van der Waals surface area contributed by atoms with Crippen LogP contribution < -0.4 is 0 Å². The fourth-order valence-corrected chi connectivity index (χ4v) is 3.45. The van der Waals surface area contributed by atoms with Crippen LogP contribution in [0.25, 0.3) is 11.1 Å². The fraction of sp³-hybridized carbons (Fsp3) is 0.200. The summed E-state index contributed by atoms with van der Waals surface area (Å²) in [6.07, 6.45) is 3.75. The van der Waals surface area contributed by atoms with E-state index in [4.69, 9.17) is 0 Å². The Bertz CT molecular complexity index is 689. The molecule has 2 aliphatic carbocycles. The van der Waals surface area contributed by atoms with E-state index < -0.39 is 0 Å². The first-order valence-electron chi connectivity index (χ1n) is 7.38. The summed E-state index contributed by atoms with van der Waals surface area (Å²) in [7, 11) is 0. The van der Waals surface area contributed by atoms with Crippen LogP contribution in [-0.2, 0) is 0 Å². The van der Waals surface area contributed by atoms with E-state index in [1.54, 1.807) is 5.57 Å². The first kappa shape index (κ1) is 11.7. The molecule has 2 aromatic rings. The molecule has 4 rings (SSSR count). The molecule has 0 N–H and O–H groups in total. The molecule has 0 heteroatoms. The Morgan fingerprint density at radius 1 is 0.750 bits per heavy atom. The Balaban J connectivity index is 1.83. The SMILES string of the molecule is CC1=C(c2ccccc2)C=C(c2ccccc2)C2CC12. The monoisotopic (exact) mass is 258 g/mol. The topological polar surface area (TPSA) is 0 Å². The largest absolute Gasteiger partial charge is 0.0622 e. The molecule has 0 saturated heterocycles. The minimum absolute atomic E-state index is 0.755. The molecule has 0 spiro atoms. The van der Waals surface area contributed by atoms with E-state index in [1.165, 1.54) is 28.7 Å². The van der Waals surface area contributed by atoms with Crippen LogP contribution >= 0.6 is 0 Å². The van der Waals surface area contributed by atoms with Crippen molar-refractivity contribution in [2.75, 3.05) is 0 Å². The van der Waals surface area contributed by atoms with Crippen molar-refractivity contribution in [1.82, 2.24) is 0 Å². The van der Waals surface area contributed by atoms with Crippen LogP contribution in [0.5, 0.6) is 0 Å². The molecular weight excluding hydrogens is 240 g/mol. The van der Waals surface area contributed by atoms with Gasteiger partial charge in [-0.2, -0.15) is 0 Å². The van der Waals surface area contributed by atoms with Crippen LogP contribution in [-0.4, -0.2) is 0 Å². The number of hydrogen-bond acceptors (Lipinski definition) is 0. The highest BCUT2D eigenvalue weighted by Crippen LogP contribution is 2.57. The van der Waals surface area contributed by atoms with Gasteiger partial charge in [0.05, 0.1) is 0 Å². The zero-order chi connectivity index (χ0) is 13.5. The van der Waals surface area contributed by atoms with Gasteiger partial charge in [0.25, 0.3) is 0 Å². The van der Waals surface area contributed by atoms with Gasteiger partial charge < -0.3 is 0 Å². The van der Waals surface area contributed by atoms with Crippen molar-refractivity contribution in [3.8, 4) is 0 Å². The van der Waals surface area contributed by atoms with E-state index in [0.29, 0.717) is 0 Å². The molecule has 0 amide bonds.